The Labute approximate surface area is 122 Å². The lowest BCUT2D eigenvalue weighted by atomic mass is 10.1. The van der Waals surface area contributed by atoms with E-state index >= 15 is 0 Å². The topological polar surface area (TPSA) is 57.6 Å². The van der Waals surface area contributed by atoms with Crippen molar-refractivity contribution < 1.29 is 14.7 Å². The van der Waals surface area contributed by atoms with Crippen LogP contribution in [-0.2, 0) is 17.9 Å². The van der Waals surface area contributed by atoms with Crippen molar-refractivity contribution in [1.29, 1.82) is 0 Å². The lowest BCUT2D eigenvalue weighted by molar-refractivity contribution is -0.131. The van der Waals surface area contributed by atoms with Gasteiger partial charge in [-0.1, -0.05) is 12.5 Å². The number of amides is 1. The molecule has 0 spiro atoms. The molecule has 1 aromatic carbocycles. The minimum absolute atomic E-state index is 0.0945. The summed E-state index contributed by atoms with van der Waals surface area (Å²) in [6.45, 7) is 1.16. The Morgan fingerprint density at radius 2 is 2.00 bits per heavy atom. The third-order valence-corrected chi connectivity index (χ3v) is 5.31. The molecule has 1 fully saturated rings. The monoisotopic (exact) mass is 291 g/mol. The van der Waals surface area contributed by atoms with Crippen LogP contribution in [0.5, 0.6) is 0 Å². The molecule has 2 heterocycles. The number of nitrogens with zero attached hydrogens (tertiary/aromatic N) is 1. The standard InChI is InChI=1S/C15H17NO3S/c17-14(13-3-1-2-6-20-13)16-8-11-5-4-10(15(18)19)7-12(11)9-16/h4-5,7,13H,1-3,6,8-9H2,(H,18,19). The summed E-state index contributed by atoms with van der Waals surface area (Å²) >= 11 is 1.76. The smallest absolute Gasteiger partial charge is 0.335 e. The van der Waals surface area contributed by atoms with Crippen molar-refractivity contribution in [1.82, 2.24) is 4.90 Å². The number of carbonyl (C=O) groups excluding carboxylic acids is 1. The minimum Gasteiger partial charge on any atom is -0.478 e. The lowest BCUT2D eigenvalue weighted by Gasteiger charge is -2.25. The Morgan fingerprint density at radius 1 is 1.20 bits per heavy atom. The van der Waals surface area contributed by atoms with Gasteiger partial charge in [-0.25, -0.2) is 4.79 Å². The van der Waals surface area contributed by atoms with Gasteiger partial charge in [-0.2, -0.15) is 0 Å². The number of hydrogen-bond acceptors (Lipinski definition) is 3. The molecule has 0 aliphatic carbocycles. The fourth-order valence-corrected chi connectivity index (χ4v) is 4.10. The fourth-order valence-electron chi connectivity index (χ4n) is 2.82. The molecule has 0 bridgehead atoms. The second kappa shape index (κ2) is 5.48. The molecule has 3 rings (SSSR count). The number of fused-ring (bicyclic) bond motifs is 1. The van der Waals surface area contributed by atoms with Crippen molar-refractivity contribution in [3.63, 3.8) is 0 Å². The molecule has 1 N–H and O–H groups in total. The average molecular weight is 291 g/mol. The van der Waals surface area contributed by atoms with Gasteiger partial charge in [0.15, 0.2) is 0 Å². The maximum atomic E-state index is 12.5. The van der Waals surface area contributed by atoms with Crippen LogP contribution in [0.3, 0.4) is 0 Å². The molecular formula is C15H17NO3S. The van der Waals surface area contributed by atoms with E-state index in [0.29, 0.717) is 18.7 Å². The fraction of sp³-hybridized carbons (Fsp3) is 0.467. The van der Waals surface area contributed by atoms with Crippen LogP contribution in [0.4, 0.5) is 0 Å². The van der Waals surface area contributed by atoms with Crippen LogP contribution >= 0.6 is 11.8 Å². The molecule has 1 unspecified atom stereocenters. The van der Waals surface area contributed by atoms with Gasteiger partial charge in [0.1, 0.15) is 0 Å². The quantitative estimate of drug-likeness (QED) is 0.909. The number of thioether (sulfide) groups is 1. The van der Waals surface area contributed by atoms with Gasteiger partial charge in [-0.3, -0.25) is 4.79 Å². The van der Waals surface area contributed by atoms with E-state index in [9.17, 15) is 9.59 Å². The lowest BCUT2D eigenvalue weighted by Crippen LogP contribution is -2.35. The van der Waals surface area contributed by atoms with Gasteiger partial charge in [0.05, 0.1) is 10.8 Å². The van der Waals surface area contributed by atoms with Crippen LogP contribution in [0.1, 0.15) is 40.7 Å². The number of rotatable bonds is 2. The zero-order valence-corrected chi connectivity index (χ0v) is 12.0. The molecule has 2 aliphatic heterocycles. The molecular weight excluding hydrogens is 274 g/mol. The van der Waals surface area contributed by atoms with Gasteiger partial charge in [-0.15, -0.1) is 11.8 Å². The molecule has 0 saturated carbocycles. The van der Waals surface area contributed by atoms with Crippen LogP contribution in [0.15, 0.2) is 18.2 Å². The van der Waals surface area contributed by atoms with Crippen molar-refractivity contribution in [3.05, 3.63) is 34.9 Å². The summed E-state index contributed by atoms with van der Waals surface area (Å²) in [6, 6.07) is 5.14. The van der Waals surface area contributed by atoms with E-state index in [1.54, 1.807) is 23.9 Å². The zero-order valence-electron chi connectivity index (χ0n) is 11.2. The normalized spacial score (nSPS) is 21.6. The summed E-state index contributed by atoms with van der Waals surface area (Å²) in [5.74, 6) is 0.364. The number of carboxylic acids is 1. The summed E-state index contributed by atoms with van der Waals surface area (Å²) in [5.41, 5.74) is 2.34. The molecule has 4 nitrogen and oxygen atoms in total. The SMILES string of the molecule is O=C(O)c1ccc2c(c1)CN(C(=O)C1CCCCS1)C2. The molecule has 106 valence electrons. The Kier molecular flexibility index (Phi) is 3.70. The highest BCUT2D eigenvalue weighted by atomic mass is 32.2. The first kappa shape index (κ1) is 13.5. The Hall–Kier alpha value is -1.49. The van der Waals surface area contributed by atoms with Crippen LogP contribution in [0.25, 0.3) is 0 Å². The zero-order chi connectivity index (χ0) is 14.1. The Bertz CT molecular complexity index is 552. The van der Waals surface area contributed by atoms with E-state index in [2.05, 4.69) is 0 Å². The summed E-state index contributed by atoms with van der Waals surface area (Å²) in [7, 11) is 0. The molecule has 1 amide bonds. The average Bonchev–Trinajstić information content (AvgIpc) is 2.90. The molecule has 1 saturated heterocycles. The van der Waals surface area contributed by atoms with Crippen LogP contribution in [-0.4, -0.2) is 32.9 Å². The highest BCUT2D eigenvalue weighted by Crippen LogP contribution is 2.30. The maximum absolute atomic E-state index is 12.5. The van der Waals surface area contributed by atoms with E-state index in [-0.39, 0.29) is 11.2 Å². The van der Waals surface area contributed by atoms with Gasteiger partial charge in [-0.05, 0) is 41.9 Å². The Morgan fingerprint density at radius 3 is 2.70 bits per heavy atom. The summed E-state index contributed by atoms with van der Waals surface area (Å²) in [6.07, 6.45) is 3.31. The first-order chi connectivity index (χ1) is 9.65. The molecule has 20 heavy (non-hydrogen) atoms. The van der Waals surface area contributed by atoms with Crippen LogP contribution in [0.2, 0.25) is 0 Å². The van der Waals surface area contributed by atoms with Crippen molar-refractivity contribution in [2.75, 3.05) is 5.75 Å². The summed E-state index contributed by atoms with van der Waals surface area (Å²) in [5, 5.41) is 9.11. The molecule has 0 radical (unpaired) electrons. The first-order valence-corrected chi connectivity index (χ1v) is 7.95. The van der Waals surface area contributed by atoms with Gasteiger partial charge >= 0.3 is 5.97 Å². The van der Waals surface area contributed by atoms with Gasteiger partial charge in [0.2, 0.25) is 5.91 Å². The van der Waals surface area contributed by atoms with Gasteiger partial charge in [0.25, 0.3) is 0 Å². The molecule has 0 aromatic heterocycles. The van der Waals surface area contributed by atoms with E-state index in [1.807, 2.05) is 11.0 Å². The van der Waals surface area contributed by atoms with Gasteiger partial charge < -0.3 is 10.0 Å². The van der Waals surface area contributed by atoms with E-state index in [0.717, 1.165) is 29.7 Å². The highest BCUT2D eigenvalue weighted by molar-refractivity contribution is 8.00. The van der Waals surface area contributed by atoms with Crippen molar-refractivity contribution in [3.8, 4) is 0 Å². The predicted octanol–water partition coefficient (Wildman–Crippen LogP) is 2.51. The molecule has 5 heteroatoms. The van der Waals surface area contributed by atoms with E-state index < -0.39 is 5.97 Å². The Balaban J connectivity index is 1.73. The molecule has 1 atom stereocenters. The third kappa shape index (κ3) is 2.54. The second-order valence-corrected chi connectivity index (χ2v) is 6.65. The van der Waals surface area contributed by atoms with Crippen molar-refractivity contribution in [2.45, 2.75) is 37.6 Å². The van der Waals surface area contributed by atoms with Crippen LogP contribution < -0.4 is 0 Å². The largest absolute Gasteiger partial charge is 0.478 e. The van der Waals surface area contributed by atoms with Crippen LogP contribution in [0, 0.1) is 0 Å². The predicted molar refractivity (Wildman–Crippen MR) is 77.8 cm³/mol. The van der Waals surface area contributed by atoms with Crippen molar-refractivity contribution >= 4 is 23.6 Å². The van der Waals surface area contributed by atoms with E-state index in [1.165, 1.54) is 6.42 Å². The number of benzene rings is 1. The summed E-state index contributed by atoms with van der Waals surface area (Å²) < 4.78 is 0. The number of aromatic carboxylic acids is 1. The van der Waals surface area contributed by atoms with E-state index in [4.69, 9.17) is 5.11 Å². The molecule has 1 aromatic rings. The minimum atomic E-state index is -0.916. The maximum Gasteiger partial charge on any atom is 0.335 e. The number of carbonyl (C=O) groups is 2. The number of hydrogen-bond donors (Lipinski definition) is 1. The number of carboxylic acid groups (broad SMARTS) is 1. The second-order valence-electron chi connectivity index (χ2n) is 5.34. The third-order valence-electron chi connectivity index (χ3n) is 3.94. The first-order valence-electron chi connectivity index (χ1n) is 6.90. The van der Waals surface area contributed by atoms with Gasteiger partial charge in [0, 0.05) is 13.1 Å². The van der Waals surface area contributed by atoms with Crippen molar-refractivity contribution in [2.24, 2.45) is 0 Å². The highest BCUT2D eigenvalue weighted by Gasteiger charge is 2.30. The molecule has 2 aliphatic rings. The summed E-state index contributed by atoms with van der Waals surface area (Å²) in [4.78, 5) is 25.3.